The molecule has 2 amide bonds. The second kappa shape index (κ2) is 9.19. The van der Waals surface area contributed by atoms with Crippen LogP contribution < -0.4 is 19.0 Å². The van der Waals surface area contributed by atoms with E-state index in [9.17, 15) is 18.0 Å². The molecule has 2 rings (SSSR count). The van der Waals surface area contributed by atoms with Gasteiger partial charge in [-0.25, -0.2) is 19.3 Å². The zero-order chi connectivity index (χ0) is 21.6. The molecule has 12 heteroatoms. The van der Waals surface area contributed by atoms with E-state index in [0.717, 1.165) is 0 Å². The third kappa shape index (κ3) is 6.60. The molecule has 0 unspecified atom stereocenters. The van der Waals surface area contributed by atoms with E-state index < -0.39 is 28.4 Å². The molecule has 29 heavy (non-hydrogen) atoms. The third-order valence-electron chi connectivity index (χ3n) is 3.13. The number of urea groups is 1. The fourth-order valence-corrected chi connectivity index (χ4v) is 2.77. The Morgan fingerprint density at radius 1 is 1.14 bits per heavy atom. The van der Waals surface area contributed by atoms with Crippen LogP contribution in [-0.2, 0) is 15.0 Å². The summed E-state index contributed by atoms with van der Waals surface area (Å²) in [6.07, 6.45) is -0.414. The summed E-state index contributed by atoms with van der Waals surface area (Å²) in [6, 6.07) is 5.92. The van der Waals surface area contributed by atoms with Crippen molar-refractivity contribution in [3.05, 3.63) is 41.6 Å². The Hall–Kier alpha value is -3.41. The summed E-state index contributed by atoms with van der Waals surface area (Å²) in [7, 11) is -3.24. The lowest BCUT2D eigenvalue weighted by molar-refractivity contribution is 0.0376. The van der Waals surface area contributed by atoms with Gasteiger partial charge < -0.3 is 13.7 Å². The Bertz CT molecular complexity index is 1010. The van der Waals surface area contributed by atoms with Gasteiger partial charge in [0.15, 0.2) is 5.75 Å². The zero-order valence-corrected chi connectivity index (χ0v) is 16.9. The Labute approximate surface area is 167 Å². The summed E-state index contributed by atoms with van der Waals surface area (Å²) in [5.74, 6) is -1.05. The number of amides is 2. The lowest BCUT2D eigenvalue weighted by Gasteiger charge is -2.13. The monoisotopic (exact) mass is 424 g/mol. The van der Waals surface area contributed by atoms with E-state index >= 15 is 0 Å². The van der Waals surface area contributed by atoms with E-state index in [1.807, 2.05) is 0 Å². The van der Waals surface area contributed by atoms with Crippen molar-refractivity contribution in [2.24, 2.45) is 0 Å². The molecule has 0 saturated heterocycles. The van der Waals surface area contributed by atoms with E-state index in [-0.39, 0.29) is 23.1 Å². The first kappa shape index (κ1) is 21.9. The summed E-state index contributed by atoms with van der Waals surface area (Å²) in [4.78, 5) is 31.9. The highest BCUT2D eigenvalue weighted by Crippen LogP contribution is 2.21. The number of hydrogen-bond acceptors (Lipinski definition) is 9. The molecule has 0 aliphatic carbocycles. The van der Waals surface area contributed by atoms with Gasteiger partial charge in [0.2, 0.25) is 11.8 Å². The number of hydrogen-bond donors (Lipinski definition) is 2. The van der Waals surface area contributed by atoms with Gasteiger partial charge in [0, 0.05) is 11.8 Å². The largest absolute Gasteiger partial charge is 0.481 e. The van der Waals surface area contributed by atoms with Crippen molar-refractivity contribution in [3.63, 3.8) is 0 Å². The number of para-hydroxylation sites is 1. The van der Waals surface area contributed by atoms with Crippen LogP contribution in [0.2, 0.25) is 0 Å². The Morgan fingerprint density at radius 2 is 1.83 bits per heavy atom. The van der Waals surface area contributed by atoms with E-state index in [4.69, 9.17) is 13.7 Å². The lowest BCUT2D eigenvalue weighted by atomic mass is 10.2. The number of aromatic nitrogens is 2. The number of ether oxygens (including phenoxy) is 2. The standard InChI is InChI=1S/C17H20N4O7S/c1-10(2)27-15(22)12-7-5-6-8-13(12)28-29(24,25)21-17(23)20-16-18-11(3)9-14(19-16)26-4/h5-10H,1-4H3,(H2,18,19,20,21,23). The first-order chi connectivity index (χ1) is 13.6. The Kier molecular flexibility index (Phi) is 6.93. The zero-order valence-electron chi connectivity index (χ0n) is 16.1. The summed E-state index contributed by atoms with van der Waals surface area (Å²) in [5.41, 5.74) is 0.377. The number of nitrogens with one attached hydrogen (secondary N) is 2. The molecule has 156 valence electrons. The predicted molar refractivity (Wildman–Crippen MR) is 102 cm³/mol. The molecule has 0 spiro atoms. The summed E-state index contributed by atoms with van der Waals surface area (Å²) >= 11 is 0. The molecule has 1 heterocycles. The highest BCUT2D eigenvalue weighted by atomic mass is 32.2. The van der Waals surface area contributed by atoms with E-state index in [0.29, 0.717) is 5.69 Å². The summed E-state index contributed by atoms with van der Waals surface area (Å²) < 4.78 is 40.8. The van der Waals surface area contributed by atoms with Crippen LogP contribution in [0.25, 0.3) is 0 Å². The molecule has 0 aliphatic heterocycles. The second-order valence-electron chi connectivity index (χ2n) is 5.92. The van der Waals surface area contributed by atoms with Crippen LogP contribution in [0.3, 0.4) is 0 Å². The van der Waals surface area contributed by atoms with Gasteiger partial charge >= 0.3 is 22.3 Å². The third-order valence-corrected chi connectivity index (χ3v) is 3.97. The highest BCUT2D eigenvalue weighted by molar-refractivity contribution is 7.85. The molecule has 0 atom stereocenters. The van der Waals surface area contributed by atoms with Crippen molar-refractivity contribution in [3.8, 4) is 11.6 Å². The number of carbonyl (C=O) groups excluding carboxylic acids is 2. The Morgan fingerprint density at radius 3 is 2.48 bits per heavy atom. The summed E-state index contributed by atoms with van der Waals surface area (Å²) in [6.45, 7) is 4.93. The van der Waals surface area contributed by atoms with Crippen LogP contribution in [0.1, 0.15) is 29.9 Å². The smallest absolute Gasteiger partial charge is 0.411 e. The SMILES string of the molecule is COc1cc(C)nc(NC(=O)NS(=O)(=O)Oc2ccccc2C(=O)OC(C)C)n1. The topological polar surface area (TPSA) is 146 Å². The number of methoxy groups -OCH3 is 1. The van der Waals surface area contributed by atoms with Gasteiger partial charge in [-0.2, -0.15) is 13.4 Å². The van der Waals surface area contributed by atoms with Gasteiger partial charge in [-0.15, -0.1) is 0 Å². The lowest BCUT2D eigenvalue weighted by Crippen LogP contribution is -2.37. The molecule has 11 nitrogen and oxygen atoms in total. The van der Waals surface area contributed by atoms with Crippen LogP contribution in [-0.4, -0.2) is 43.6 Å². The molecular formula is C17H20N4O7S. The molecule has 0 saturated carbocycles. The van der Waals surface area contributed by atoms with E-state index in [1.54, 1.807) is 25.5 Å². The van der Waals surface area contributed by atoms with E-state index in [2.05, 4.69) is 15.3 Å². The first-order valence-electron chi connectivity index (χ1n) is 8.32. The number of rotatable bonds is 7. The minimum Gasteiger partial charge on any atom is -0.481 e. The first-order valence-corrected chi connectivity index (χ1v) is 9.73. The normalized spacial score (nSPS) is 10.9. The molecule has 0 fully saturated rings. The van der Waals surface area contributed by atoms with Crippen LogP contribution in [0.4, 0.5) is 10.7 Å². The fraction of sp³-hybridized carbons (Fsp3) is 0.294. The van der Waals surface area contributed by atoms with Crippen molar-refractivity contribution in [2.75, 3.05) is 12.4 Å². The number of esters is 1. The van der Waals surface area contributed by atoms with Crippen molar-refractivity contribution < 1.29 is 31.7 Å². The van der Waals surface area contributed by atoms with Crippen LogP contribution in [0, 0.1) is 6.92 Å². The van der Waals surface area contributed by atoms with Crippen molar-refractivity contribution in [2.45, 2.75) is 26.9 Å². The van der Waals surface area contributed by atoms with Crippen molar-refractivity contribution in [1.82, 2.24) is 14.7 Å². The molecule has 0 radical (unpaired) electrons. The summed E-state index contributed by atoms with van der Waals surface area (Å²) in [5, 5.41) is 2.16. The molecule has 0 aliphatic rings. The van der Waals surface area contributed by atoms with Crippen LogP contribution in [0.5, 0.6) is 11.6 Å². The quantitative estimate of drug-likeness (QED) is 0.635. The van der Waals surface area contributed by atoms with Crippen molar-refractivity contribution in [1.29, 1.82) is 0 Å². The average Bonchev–Trinajstić information content (AvgIpc) is 2.59. The molecule has 1 aromatic carbocycles. The van der Waals surface area contributed by atoms with Gasteiger partial charge in [-0.05, 0) is 32.9 Å². The van der Waals surface area contributed by atoms with Gasteiger partial charge in [0.05, 0.1) is 13.2 Å². The van der Waals surface area contributed by atoms with Gasteiger partial charge in [0.25, 0.3) is 0 Å². The Balaban J connectivity index is 2.12. The minimum atomic E-state index is -4.62. The predicted octanol–water partition coefficient (Wildman–Crippen LogP) is 1.80. The number of benzene rings is 1. The minimum absolute atomic E-state index is 0.112. The van der Waals surface area contributed by atoms with Gasteiger partial charge in [0.1, 0.15) is 5.56 Å². The van der Waals surface area contributed by atoms with Crippen LogP contribution in [0.15, 0.2) is 30.3 Å². The fourth-order valence-electron chi connectivity index (χ4n) is 2.07. The number of carbonyl (C=O) groups is 2. The number of anilines is 1. The number of nitrogens with zero attached hydrogens (tertiary/aromatic N) is 2. The maximum atomic E-state index is 12.2. The maximum Gasteiger partial charge on any atom is 0.411 e. The van der Waals surface area contributed by atoms with Gasteiger partial charge in [-0.1, -0.05) is 12.1 Å². The number of aryl methyl sites for hydroxylation is 1. The van der Waals surface area contributed by atoms with Gasteiger partial charge in [-0.3, -0.25) is 5.32 Å². The molecule has 0 bridgehead atoms. The van der Waals surface area contributed by atoms with Crippen LogP contribution >= 0.6 is 0 Å². The maximum absolute atomic E-state index is 12.2. The van der Waals surface area contributed by atoms with Crippen molar-refractivity contribution >= 4 is 28.3 Å². The van der Waals surface area contributed by atoms with E-state index in [1.165, 1.54) is 37.4 Å². The second-order valence-corrected chi connectivity index (χ2v) is 7.20. The molecule has 1 aromatic heterocycles. The molecule has 2 aromatic rings. The molecule has 2 N–H and O–H groups in total. The highest BCUT2D eigenvalue weighted by Gasteiger charge is 2.22. The molecular weight excluding hydrogens is 404 g/mol. The average molecular weight is 424 g/mol.